The largest absolute Gasteiger partial charge is 0.313 e. The molecule has 6 rings (SSSR count). The lowest BCUT2D eigenvalue weighted by molar-refractivity contribution is 0.540. The minimum absolute atomic E-state index is 0.333. The van der Waals surface area contributed by atoms with Gasteiger partial charge in [-0.25, -0.2) is 0 Å². The summed E-state index contributed by atoms with van der Waals surface area (Å²) in [6.07, 6.45) is 8.03. The highest BCUT2D eigenvalue weighted by Gasteiger charge is 2.27. The summed E-state index contributed by atoms with van der Waals surface area (Å²) in [5, 5.41) is 6.39. The number of rotatable bonds is 7. The van der Waals surface area contributed by atoms with Crippen LogP contribution in [0.25, 0.3) is 39.1 Å². The summed E-state index contributed by atoms with van der Waals surface area (Å²) in [5.74, 6) is 0.333. The highest BCUT2D eigenvalue weighted by Crippen LogP contribution is 2.36. The van der Waals surface area contributed by atoms with E-state index in [1.54, 1.807) is 0 Å². The second-order valence-electron chi connectivity index (χ2n) is 10.8. The normalized spacial score (nSPS) is 16.2. The smallest absolute Gasteiger partial charge is 0.0243 e. The zero-order chi connectivity index (χ0) is 26.6. The number of nitrogens with one attached hydrogen (secondary N) is 1. The molecule has 1 heterocycles. The van der Waals surface area contributed by atoms with Crippen LogP contribution in [0.4, 0.5) is 0 Å². The molecule has 0 radical (unpaired) electrons. The second-order valence-corrected chi connectivity index (χ2v) is 10.8. The van der Waals surface area contributed by atoms with Gasteiger partial charge in [0.15, 0.2) is 0 Å². The van der Waals surface area contributed by atoms with Crippen LogP contribution in [0.15, 0.2) is 115 Å². The molecule has 0 aromatic heterocycles. The van der Waals surface area contributed by atoms with Crippen LogP contribution in [-0.2, 0) is 0 Å². The number of allylic oxidation sites excluding steroid dienone is 1. The summed E-state index contributed by atoms with van der Waals surface area (Å²) >= 11 is 0. The van der Waals surface area contributed by atoms with E-state index < -0.39 is 0 Å². The molecule has 1 fully saturated rings. The Hall–Kier alpha value is -3.94. The quantitative estimate of drug-likeness (QED) is 0.231. The Labute approximate surface area is 233 Å². The van der Waals surface area contributed by atoms with Crippen LogP contribution in [0, 0.1) is 6.92 Å². The van der Waals surface area contributed by atoms with Gasteiger partial charge in [-0.05, 0) is 88.0 Å². The first-order chi connectivity index (χ1) is 19.2. The lowest BCUT2D eigenvalue weighted by Crippen LogP contribution is -2.29. The molecule has 0 bridgehead atoms. The molecular weight excluding hydrogens is 470 g/mol. The molecule has 2 atom stereocenters. The molecule has 39 heavy (non-hydrogen) atoms. The van der Waals surface area contributed by atoms with Gasteiger partial charge in [-0.15, -0.1) is 0 Å². The third-order valence-corrected chi connectivity index (χ3v) is 8.30. The monoisotopic (exact) mass is 507 g/mol. The molecule has 1 saturated heterocycles. The maximum atomic E-state index is 3.80. The van der Waals surface area contributed by atoms with Crippen molar-refractivity contribution in [2.75, 3.05) is 6.54 Å². The van der Waals surface area contributed by atoms with Crippen molar-refractivity contribution in [2.45, 2.75) is 45.1 Å². The van der Waals surface area contributed by atoms with Crippen molar-refractivity contribution in [3.05, 3.63) is 138 Å². The highest BCUT2D eigenvalue weighted by molar-refractivity contribution is 5.96. The Balaban J connectivity index is 1.34. The first-order valence-corrected chi connectivity index (χ1v) is 14.4. The van der Waals surface area contributed by atoms with E-state index in [-0.39, 0.29) is 0 Å². The van der Waals surface area contributed by atoms with E-state index in [1.807, 2.05) is 0 Å². The second kappa shape index (κ2) is 11.4. The van der Waals surface area contributed by atoms with Crippen molar-refractivity contribution in [3.8, 4) is 22.3 Å². The van der Waals surface area contributed by atoms with Gasteiger partial charge in [-0.1, -0.05) is 128 Å². The highest BCUT2D eigenvalue weighted by atomic mass is 14.9. The van der Waals surface area contributed by atoms with Gasteiger partial charge >= 0.3 is 0 Å². The molecule has 194 valence electrons. The van der Waals surface area contributed by atoms with E-state index >= 15 is 0 Å². The fraction of sp³-hybridized carbons (Fsp3) is 0.211. The number of hydrogen-bond donors (Lipinski definition) is 1. The van der Waals surface area contributed by atoms with Crippen LogP contribution in [0.3, 0.4) is 0 Å². The predicted molar refractivity (Wildman–Crippen MR) is 168 cm³/mol. The standard InChI is InChI=1S/C38H37N/c1-3-4-13-33-27(2)10-7-15-34(33)29-18-22-31(23-19-29)38(37-17-9-26-39-37)32-24-20-30(21-25-32)36-16-8-12-28-11-5-6-14-35(28)36/h4-8,10-16,18-25,37-39H,3,9,17,26H2,1-2H3/b13-4-. The van der Waals surface area contributed by atoms with Gasteiger partial charge in [0.1, 0.15) is 0 Å². The molecule has 1 aliphatic rings. The Morgan fingerprint density at radius 2 is 1.38 bits per heavy atom. The molecule has 1 aliphatic heterocycles. The van der Waals surface area contributed by atoms with Gasteiger partial charge in [0.05, 0.1) is 0 Å². The summed E-state index contributed by atoms with van der Waals surface area (Å²) in [6, 6.07) is 41.0. The Kier molecular flexibility index (Phi) is 7.43. The third-order valence-electron chi connectivity index (χ3n) is 8.30. The minimum atomic E-state index is 0.333. The predicted octanol–water partition coefficient (Wildman–Crippen LogP) is 9.79. The maximum Gasteiger partial charge on any atom is 0.0243 e. The Bertz CT molecular complexity index is 1580. The first kappa shape index (κ1) is 25.3. The van der Waals surface area contributed by atoms with E-state index in [0.717, 1.165) is 13.0 Å². The van der Waals surface area contributed by atoms with Crippen molar-refractivity contribution in [2.24, 2.45) is 0 Å². The van der Waals surface area contributed by atoms with Crippen LogP contribution in [-0.4, -0.2) is 12.6 Å². The SMILES string of the molecule is CC/C=C\c1c(C)cccc1-c1ccc(C(c2ccc(-c3cccc4ccccc34)cc2)C2CCCN2)cc1. The zero-order valence-corrected chi connectivity index (χ0v) is 23.0. The van der Waals surface area contributed by atoms with Crippen molar-refractivity contribution < 1.29 is 0 Å². The number of hydrogen-bond acceptors (Lipinski definition) is 1. The van der Waals surface area contributed by atoms with E-state index in [9.17, 15) is 0 Å². The maximum absolute atomic E-state index is 3.80. The molecular formula is C38H37N. The van der Waals surface area contributed by atoms with Gasteiger partial charge < -0.3 is 5.32 Å². The van der Waals surface area contributed by atoms with E-state index in [2.05, 4.69) is 141 Å². The number of fused-ring (bicyclic) bond motifs is 1. The zero-order valence-electron chi connectivity index (χ0n) is 23.0. The minimum Gasteiger partial charge on any atom is -0.313 e. The average molecular weight is 508 g/mol. The molecule has 0 spiro atoms. The summed E-state index contributed by atoms with van der Waals surface area (Å²) in [7, 11) is 0. The van der Waals surface area contributed by atoms with Crippen LogP contribution >= 0.6 is 0 Å². The first-order valence-electron chi connectivity index (χ1n) is 14.4. The van der Waals surface area contributed by atoms with Crippen LogP contribution in [0.5, 0.6) is 0 Å². The van der Waals surface area contributed by atoms with E-state index in [1.165, 1.54) is 68.1 Å². The molecule has 5 aromatic carbocycles. The molecule has 5 aromatic rings. The lowest BCUT2D eigenvalue weighted by Gasteiger charge is -2.25. The molecule has 0 amide bonds. The molecule has 1 nitrogen and oxygen atoms in total. The van der Waals surface area contributed by atoms with Crippen molar-refractivity contribution in [1.29, 1.82) is 0 Å². The van der Waals surface area contributed by atoms with Crippen molar-refractivity contribution in [3.63, 3.8) is 0 Å². The topological polar surface area (TPSA) is 12.0 Å². The molecule has 0 saturated carbocycles. The summed E-state index contributed by atoms with van der Waals surface area (Å²) in [6.45, 7) is 5.50. The molecule has 1 heteroatoms. The summed E-state index contributed by atoms with van der Waals surface area (Å²) in [5.41, 5.74) is 10.6. The molecule has 0 aliphatic carbocycles. The van der Waals surface area contributed by atoms with Crippen molar-refractivity contribution >= 4 is 16.8 Å². The van der Waals surface area contributed by atoms with Gasteiger partial charge in [0, 0.05) is 12.0 Å². The Morgan fingerprint density at radius 1 is 0.744 bits per heavy atom. The van der Waals surface area contributed by atoms with Gasteiger partial charge in [0.2, 0.25) is 0 Å². The van der Waals surface area contributed by atoms with Gasteiger partial charge in [-0.3, -0.25) is 0 Å². The number of benzene rings is 5. The molecule has 1 N–H and O–H groups in total. The fourth-order valence-electron chi connectivity index (χ4n) is 6.26. The average Bonchev–Trinajstić information content (AvgIpc) is 3.52. The van der Waals surface area contributed by atoms with Crippen LogP contribution in [0.1, 0.15) is 54.4 Å². The molecule has 2 unspecified atom stereocenters. The van der Waals surface area contributed by atoms with Crippen molar-refractivity contribution in [1.82, 2.24) is 5.32 Å². The third kappa shape index (κ3) is 5.20. The van der Waals surface area contributed by atoms with Crippen LogP contribution in [0.2, 0.25) is 0 Å². The van der Waals surface area contributed by atoms with Gasteiger partial charge in [-0.2, -0.15) is 0 Å². The Morgan fingerprint density at radius 3 is 2.08 bits per heavy atom. The lowest BCUT2D eigenvalue weighted by atomic mass is 9.83. The summed E-state index contributed by atoms with van der Waals surface area (Å²) in [4.78, 5) is 0. The van der Waals surface area contributed by atoms with E-state index in [0.29, 0.717) is 12.0 Å². The number of aryl methyl sites for hydroxylation is 1. The summed E-state index contributed by atoms with van der Waals surface area (Å²) < 4.78 is 0. The van der Waals surface area contributed by atoms with Gasteiger partial charge in [0.25, 0.3) is 0 Å². The van der Waals surface area contributed by atoms with Crippen LogP contribution < -0.4 is 5.32 Å². The fourth-order valence-corrected chi connectivity index (χ4v) is 6.26. The van der Waals surface area contributed by atoms with E-state index in [4.69, 9.17) is 0 Å².